The fraction of sp³-hybridized carbons (Fsp3) is 0.533. The largest absolute Gasteiger partial charge is 0.341 e. The summed E-state index contributed by atoms with van der Waals surface area (Å²) in [4.78, 5) is 13.7. The summed E-state index contributed by atoms with van der Waals surface area (Å²) in [5.41, 5.74) is 0.413. The van der Waals surface area contributed by atoms with Crippen molar-refractivity contribution in [1.29, 1.82) is 0 Å². The number of rotatable bonds is 5. The average molecular weight is 374 g/mol. The van der Waals surface area contributed by atoms with Gasteiger partial charge < -0.3 is 4.90 Å². The van der Waals surface area contributed by atoms with Gasteiger partial charge in [0.05, 0.1) is 15.8 Å². The van der Waals surface area contributed by atoms with Gasteiger partial charge in [-0.05, 0) is 44.4 Å². The van der Waals surface area contributed by atoms with E-state index in [1.54, 1.807) is 11.8 Å². The molecular formula is C15H22N2O5S2. The highest BCUT2D eigenvalue weighted by Gasteiger charge is 2.28. The van der Waals surface area contributed by atoms with Crippen LogP contribution in [0.15, 0.2) is 28.0 Å². The summed E-state index contributed by atoms with van der Waals surface area (Å²) in [5.74, 6) is -0.270. The molecule has 9 heteroatoms. The van der Waals surface area contributed by atoms with Crippen molar-refractivity contribution in [2.24, 2.45) is 0 Å². The molecule has 0 spiro atoms. The standard InChI is InChI=1S/C15H22N2O5S2/c1-11-6-7-13(23(3,19)20)10-14(11)24(21,22)16-12(2)15(18)17-8-4-5-9-17/h6-7,10,12,16H,4-5,8-9H2,1-3H3/t12-/m0/s1. The van der Waals surface area contributed by atoms with Gasteiger partial charge in [-0.25, -0.2) is 16.8 Å². The predicted octanol–water partition coefficient (Wildman–Crippen LogP) is 0.688. The normalized spacial score (nSPS) is 17.0. The number of amides is 1. The first-order chi connectivity index (χ1) is 11.0. The third kappa shape index (κ3) is 4.14. The maximum absolute atomic E-state index is 12.6. The monoisotopic (exact) mass is 374 g/mol. The topological polar surface area (TPSA) is 101 Å². The zero-order chi connectivity index (χ0) is 18.1. The zero-order valence-electron chi connectivity index (χ0n) is 13.9. The summed E-state index contributed by atoms with van der Waals surface area (Å²) in [5, 5.41) is 0. The van der Waals surface area contributed by atoms with E-state index in [0.29, 0.717) is 18.7 Å². The third-order valence-electron chi connectivity index (χ3n) is 4.00. The molecule has 0 saturated carbocycles. The Kier molecular flexibility index (Phi) is 5.36. The van der Waals surface area contributed by atoms with E-state index in [0.717, 1.165) is 25.2 Å². The second-order valence-corrected chi connectivity index (χ2v) is 9.77. The molecule has 0 unspecified atom stereocenters. The van der Waals surface area contributed by atoms with Crippen molar-refractivity contribution in [1.82, 2.24) is 9.62 Å². The minimum atomic E-state index is -4.01. The Balaban J connectivity index is 2.28. The van der Waals surface area contributed by atoms with Crippen molar-refractivity contribution in [2.75, 3.05) is 19.3 Å². The van der Waals surface area contributed by atoms with Crippen molar-refractivity contribution in [3.05, 3.63) is 23.8 Å². The second-order valence-electron chi connectivity index (χ2n) is 6.07. The van der Waals surface area contributed by atoms with E-state index in [-0.39, 0.29) is 15.7 Å². The van der Waals surface area contributed by atoms with Gasteiger partial charge in [-0.2, -0.15) is 4.72 Å². The molecule has 2 rings (SSSR count). The molecule has 134 valence electrons. The summed E-state index contributed by atoms with van der Waals surface area (Å²) in [7, 11) is -7.54. The summed E-state index contributed by atoms with van der Waals surface area (Å²) in [6.07, 6.45) is 2.85. The molecule has 1 aromatic carbocycles. The van der Waals surface area contributed by atoms with Crippen LogP contribution in [0.25, 0.3) is 0 Å². The Morgan fingerprint density at radius 3 is 2.29 bits per heavy atom. The highest BCUT2D eigenvalue weighted by molar-refractivity contribution is 7.91. The Morgan fingerprint density at radius 1 is 1.17 bits per heavy atom. The fourth-order valence-electron chi connectivity index (χ4n) is 2.66. The van der Waals surface area contributed by atoms with Gasteiger partial charge in [0, 0.05) is 19.3 Å². The summed E-state index contributed by atoms with van der Waals surface area (Å²) >= 11 is 0. The first-order valence-electron chi connectivity index (χ1n) is 7.64. The quantitative estimate of drug-likeness (QED) is 0.817. The van der Waals surface area contributed by atoms with E-state index in [4.69, 9.17) is 0 Å². The number of likely N-dealkylation sites (tertiary alicyclic amines) is 1. The molecule has 0 radical (unpaired) electrons. The maximum atomic E-state index is 12.6. The van der Waals surface area contributed by atoms with Crippen LogP contribution in [-0.2, 0) is 24.7 Å². The average Bonchev–Trinajstić information content (AvgIpc) is 2.99. The number of nitrogens with one attached hydrogen (secondary N) is 1. The summed E-state index contributed by atoms with van der Waals surface area (Å²) < 4.78 is 50.8. The van der Waals surface area contributed by atoms with Gasteiger partial charge in [0.15, 0.2) is 9.84 Å². The van der Waals surface area contributed by atoms with Gasteiger partial charge in [0.25, 0.3) is 0 Å². The van der Waals surface area contributed by atoms with Crippen LogP contribution >= 0.6 is 0 Å². The smallest absolute Gasteiger partial charge is 0.241 e. The van der Waals surface area contributed by atoms with Gasteiger partial charge in [-0.15, -0.1) is 0 Å². The van der Waals surface area contributed by atoms with E-state index in [1.807, 2.05) is 0 Å². The van der Waals surface area contributed by atoms with Crippen LogP contribution in [0.3, 0.4) is 0 Å². The molecule has 1 aromatic rings. The zero-order valence-corrected chi connectivity index (χ0v) is 15.6. The molecule has 1 aliphatic rings. The number of aryl methyl sites for hydroxylation is 1. The molecule has 1 saturated heterocycles. The minimum absolute atomic E-state index is 0.0769. The molecule has 24 heavy (non-hydrogen) atoms. The van der Waals surface area contributed by atoms with E-state index in [2.05, 4.69) is 4.72 Å². The Bertz CT molecular complexity index is 841. The highest BCUT2D eigenvalue weighted by Crippen LogP contribution is 2.20. The number of hydrogen-bond donors (Lipinski definition) is 1. The molecule has 1 aliphatic heterocycles. The number of benzene rings is 1. The molecule has 1 N–H and O–H groups in total. The number of carbonyl (C=O) groups is 1. The maximum Gasteiger partial charge on any atom is 0.241 e. The molecule has 1 fully saturated rings. The number of hydrogen-bond acceptors (Lipinski definition) is 5. The molecule has 1 atom stereocenters. The number of sulfone groups is 1. The molecular weight excluding hydrogens is 352 g/mol. The van der Waals surface area contributed by atoms with Crippen LogP contribution < -0.4 is 4.72 Å². The van der Waals surface area contributed by atoms with Crippen molar-refractivity contribution in [2.45, 2.75) is 42.5 Å². The Morgan fingerprint density at radius 2 is 1.75 bits per heavy atom. The first-order valence-corrected chi connectivity index (χ1v) is 11.0. The van der Waals surface area contributed by atoms with Gasteiger partial charge in [0.2, 0.25) is 15.9 Å². The summed E-state index contributed by atoms with van der Waals surface area (Å²) in [6.45, 7) is 4.34. The van der Waals surface area contributed by atoms with Gasteiger partial charge in [0.1, 0.15) is 0 Å². The van der Waals surface area contributed by atoms with Crippen molar-refractivity contribution in [3.63, 3.8) is 0 Å². The van der Waals surface area contributed by atoms with Crippen LogP contribution in [0, 0.1) is 6.92 Å². The third-order valence-corrected chi connectivity index (χ3v) is 6.79. The van der Waals surface area contributed by atoms with Crippen molar-refractivity contribution < 1.29 is 21.6 Å². The highest BCUT2D eigenvalue weighted by atomic mass is 32.2. The Labute approximate surface area is 143 Å². The number of sulfonamides is 1. The molecule has 0 aliphatic carbocycles. The molecule has 1 heterocycles. The van der Waals surface area contributed by atoms with Crippen LogP contribution in [0.1, 0.15) is 25.3 Å². The SMILES string of the molecule is Cc1ccc(S(C)(=O)=O)cc1S(=O)(=O)N[C@@H](C)C(=O)N1CCCC1. The van der Waals surface area contributed by atoms with Gasteiger partial charge in [-0.3, -0.25) is 4.79 Å². The van der Waals surface area contributed by atoms with E-state index < -0.39 is 25.9 Å². The van der Waals surface area contributed by atoms with Crippen LogP contribution in [0.5, 0.6) is 0 Å². The summed E-state index contributed by atoms with van der Waals surface area (Å²) in [6, 6.07) is 3.02. The number of nitrogens with zero attached hydrogens (tertiary/aromatic N) is 1. The van der Waals surface area contributed by atoms with E-state index >= 15 is 0 Å². The van der Waals surface area contributed by atoms with Gasteiger partial charge >= 0.3 is 0 Å². The molecule has 0 aromatic heterocycles. The molecule has 0 bridgehead atoms. The van der Waals surface area contributed by atoms with Gasteiger partial charge in [-0.1, -0.05) is 6.07 Å². The van der Waals surface area contributed by atoms with E-state index in [1.165, 1.54) is 19.1 Å². The molecule has 1 amide bonds. The number of carbonyl (C=O) groups excluding carboxylic acids is 1. The van der Waals surface area contributed by atoms with Crippen molar-refractivity contribution >= 4 is 25.8 Å². The lowest BCUT2D eigenvalue weighted by atomic mass is 10.2. The van der Waals surface area contributed by atoms with Crippen molar-refractivity contribution in [3.8, 4) is 0 Å². The lowest BCUT2D eigenvalue weighted by molar-refractivity contribution is -0.131. The van der Waals surface area contributed by atoms with Crippen LogP contribution in [-0.4, -0.2) is 53.0 Å². The van der Waals surface area contributed by atoms with E-state index in [9.17, 15) is 21.6 Å². The predicted molar refractivity (Wildman–Crippen MR) is 89.9 cm³/mol. The first kappa shape index (κ1) is 18.9. The lowest BCUT2D eigenvalue weighted by Gasteiger charge is -2.21. The Hall–Kier alpha value is -1.45. The minimum Gasteiger partial charge on any atom is -0.341 e. The van der Waals surface area contributed by atoms with Crippen LogP contribution in [0.4, 0.5) is 0 Å². The lowest BCUT2D eigenvalue weighted by Crippen LogP contribution is -2.46. The fourth-order valence-corrected chi connectivity index (χ4v) is 4.85. The van der Waals surface area contributed by atoms with Crippen LogP contribution in [0.2, 0.25) is 0 Å². The molecule has 7 nitrogen and oxygen atoms in total. The second kappa shape index (κ2) is 6.81.